The third-order valence-electron chi connectivity index (χ3n) is 3.76. The molecule has 3 rings (SSSR count). The fourth-order valence-electron chi connectivity index (χ4n) is 2.46. The van der Waals surface area contributed by atoms with Gasteiger partial charge in [0.05, 0.1) is 0 Å². The van der Waals surface area contributed by atoms with Crippen LogP contribution in [-0.2, 0) is 11.4 Å². The van der Waals surface area contributed by atoms with Crippen LogP contribution in [0.3, 0.4) is 0 Å². The summed E-state index contributed by atoms with van der Waals surface area (Å²) < 4.78 is 34.0. The maximum Gasteiger partial charge on any atom is 0.136 e. The minimum atomic E-state index is -1.33. The lowest BCUT2D eigenvalue weighted by molar-refractivity contribution is 0.410. The van der Waals surface area contributed by atoms with Crippen molar-refractivity contribution in [3.05, 3.63) is 48.0 Å². The molecular formula is C18H20FNO2S. The predicted molar refractivity (Wildman–Crippen MR) is 93.5 cm³/mol. The van der Waals surface area contributed by atoms with Gasteiger partial charge in [0.2, 0.25) is 0 Å². The Kier molecular flexibility index (Phi) is 4.36. The van der Waals surface area contributed by atoms with Gasteiger partial charge in [-0.15, -0.1) is 4.72 Å². The summed E-state index contributed by atoms with van der Waals surface area (Å²) in [5, 5.41) is 1.94. The van der Waals surface area contributed by atoms with E-state index in [4.69, 9.17) is 4.42 Å². The van der Waals surface area contributed by atoms with Crippen LogP contribution in [0.2, 0.25) is 0 Å². The molecule has 0 saturated carbocycles. The molecule has 2 atom stereocenters. The van der Waals surface area contributed by atoms with Gasteiger partial charge in [-0.05, 0) is 44.5 Å². The molecule has 0 amide bonds. The molecule has 122 valence electrons. The lowest BCUT2D eigenvalue weighted by Crippen LogP contribution is -2.41. The minimum absolute atomic E-state index is 0.445. The number of para-hydroxylation sites is 1. The van der Waals surface area contributed by atoms with Crippen LogP contribution in [0.1, 0.15) is 32.4 Å². The van der Waals surface area contributed by atoms with E-state index in [1.807, 2.05) is 63.2 Å². The Hall–Kier alpha value is -1.56. The van der Waals surface area contributed by atoms with Crippen molar-refractivity contribution in [2.45, 2.75) is 31.6 Å². The van der Waals surface area contributed by atoms with Crippen LogP contribution in [-0.4, -0.2) is 16.0 Å². The second kappa shape index (κ2) is 6.15. The van der Waals surface area contributed by atoms with Crippen molar-refractivity contribution in [1.29, 1.82) is 0 Å². The lowest BCUT2D eigenvalue weighted by Gasteiger charge is -2.27. The Morgan fingerprint density at radius 1 is 1.13 bits per heavy atom. The standard InChI is InChI=1S/C18H20FNO2S/c1-18(2,3)23(21)20-15(11-19)12-8-9-17-14(10-12)13-6-4-5-7-16(13)22-17/h4-10,15,20H,11H2,1-3H3/t15-,23?/m1/s1. The van der Waals surface area contributed by atoms with E-state index in [2.05, 4.69) is 4.72 Å². The smallest absolute Gasteiger partial charge is 0.136 e. The Bertz CT molecular complexity index is 825. The van der Waals surface area contributed by atoms with Gasteiger partial charge in [0.1, 0.15) is 28.6 Å². The number of nitrogens with one attached hydrogen (secondary N) is 1. The zero-order valence-corrected chi connectivity index (χ0v) is 14.2. The van der Waals surface area contributed by atoms with E-state index in [9.17, 15) is 8.94 Å². The van der Waals surface area contributed by atoms with Crippen LogP contribution in [0.15, 0.2) is 46.9 Å². The van der Waals surface area contributed by atoms with E-state index in [1.165, 1.54) is 0 Å². The molecule has 1 N–H and O–H groups in total. The number of hydrogen-bond acceptors (Lipinski definition) is 3. The Balaban J connectivity index is 1.99. The van der Waals surface area contributed by atoms with E-state index >= 15 is 0 Å². The molecule has 0 aliphatic carbocycles. The molecule has 1 heterocycles. The summed E-state index contributed by atoms with van der Waals surface area (Å²) in [7, 11) is 0. The van der Waals surface area contributed by atoms with Gasteiger partial charge in [0.25, 0.3) is 0 Å². The van der Waals surface area contributed by atoms with E-state index in [0.717, 1.165) is 27.5 Å². The van der Waals surface area contributed by atoms with Gasteiger partial charge in [-0.25, -0.2) is 4.39 Å². The molecule has 0 aliphatic rings. The van der Waals surface area contributed by atoms with Crippen LogP contribution < -0.4 is 4.72 Å². The number of hydrogen-bond donors (Lipinski definition) is 1. The fraction of sp³-hybridized carbons (Fsp3) is 0.333. The van der Waals surface area contributed by atoms with Crippen molar-refractivity contribution in [2.24, 2.45) is 0 Å². The second-order valence-electron chi connectivity index (χ2n) is 6.56. The highest BCUT2D eigenvalue weighted by Crippen LogP contribution is 2.31. The normalized spacial score (nSPS) is 15.2. The molecule has 3 aromatic rings. The molecule has 2 aromatic carbocycles. The first-order valence-electron chi connectivity index (χ1n) is 7.55. The van der Waals surface area contributed by atoms with Gasteiger partial charge in [-0.2, -0.15) is 0 Å². The third-order valence-corrected chi connectivity index (χ3v) is 5.37. The number of rotatable bonds is 4. The quantitative estimate of drug-likeness (QED) is 0.707. The van der Waals surface area contributed by atoms with Crippen LogP contribution in [0, 0.1) is 0 Å². The van der Waals surface area contributed by atoms with E-state index in [0.29, 0.717) is 0 Å². The summed E-state index contributed by atoms with van der Waals surface area (Å²) in [5.41, 5.74) is 2.34. The van der Waals surface area contributed by atoms with Gasteiger partial charge >= 0.3 is 0 Å². The van der Waals surface area contributed by atoms with Crippen molar-refractivity contribution >= 4 is 33.3 Å². The first-order valence-corrected chi connectivity index (χ1v) is 8.70. The predicted octanol–water partition coefficient (Wildman–Crippen LogP) is 4.65. The van der Waals surface area contributed by atoms with Crippen molar-refractivity contribution in [3.8, 4) is 0 Å². The van der Waals surface area contributed by atoms with Crippen LogP contribution in [0.5, 0.6) is 0 Å². The maximum absolute atomic E-state index is 13.5. The van der Waals surface area contributed by atoms with E-state index in [1.54, 1.807) is 0 Å². The highest BCUT2D eigenvalue weighted by molar-refractivity contribution is 7.90. The van der Waals surface area contributed by atoms with Crippen LogP contribution in [0.25, 0.3) is 21.9 Å². The largest absolute Gasteiger partial charge is 0.598 e. The average Bonchev–Trinajstić information content (AvgIpc) is 2.89. The summed E-state index contributed by atoms with van der Waals surface area (Å²) >= 11 is -1.33. The van der Waals surface area contributed by atoms with Crippen LogP contribution >= 0.6 is 0 Å². The number of halogens is 1. The van der Waals surface area contributed by atoms with Crippen molar-refractivity contribution in [2.75, 3.05) is 6.67 Å². The SMILES string of the molecule is CC(C)(C)[S+]([O-])N[C@H](CF)c1ccc2oc3ccccc3c2c1. The van der Waals surface area contributed by atoms with E-state index in [-0.39, 0.29) is 0 Å². The number of fused-ring (bicyclic) bond motifs is 3. The number of benzene rings is 2. The lowest BCUT2D eigenvalue weighted by atomic mass is 10.0. The molecule has 0 radical (unpaired) electrons. The van der Waals surface area contributed by atoms with Gasteiger partial charge in [0, 0.05) is 22.1 Å². The molecule has 0 spiro atoms. The Labute approximate surface area is 138 Å². The summed E-state index contributed by atoms with van der Waals surface area (Å²) in [6.45, 7) is 4.96. The third kappa shape index (κ3) is 3.22. The first kappa shape index (κ1) is 16.3. The Morgan fingerprint density at radius 2 is 1.83 bits per heavy atom. The average molecular weight is 333 g/mol. The molecular weight excluding hydrogens is 313 g/mol. The highest BCUT2D eigenvalue weighted by Gasteiger charge is 2.30. The summed E-state index contributed by atoms with van der Waals surface area (Å²) in [6, 6.07) is 12.7. The molecule has 5 heteroatoms. The van der Waals surface area contributed by atoms with Gasteiger partial charge in [-0.3, -0.25) is 0 Å². The number of alkyl halides is 1. The summed E-state index contributed by atoms with van der Waals surface area (Å²) in [4.78, 5) is 0. The summed E-state index contributed by atoms with van der Waals surface area (Å²) in [5.74, 6) is 0. The minimum Gasteiger partial charge on any atom is -0.598 e. The van der Waals surface area contributed by atoms with Crippen molar-refractivity contribution in [1.82, 2.24) is 4.72 Å². The van der Waals surface area contributed by atoms with Crippen LogP contribution in [0.4, 0.5) is 4.39 Å². The zero-order valence-electron chi connectivity index (χ0n) is 13.4. The van der Waals surface area contributed by atoms with Gasteiger partial charge in [0.15, 0.2) is 0 Å². The van der Waals surface area contributed by atoms with Gasteiger partial charge in [-0.1, -0.05) is 24.3 Å². The second-order valence-corrected chi connectivity index (χ2v) is 8.56. The fourth-order valence-corrected chi connectivity index (χ4v) is 3.27. The number of furan rings is 1. The zero-order chi connectivity index (χ0) is 16.6. The van der Waals surface area contributed by atoms with Crippen molar-refractivity contribution in [3.63, 3.8) is 0 Å². The molecule has 0 aliphatic heterocycles. The molecule has 0 fully saturated rings. The Morgan fingerprint density at radius 3 is 2.52 bits per heavy atom. The molecule has 1 unspecified atom stereocenters. The maximum atomic E-state index is 13.5. The monoisotopic (exact) mass is 333 g/mol. The molecule has 3 nitrogen and oxygen atoms in total. The van der Waals surface area contributed by atoms with E-state index < -0.39 is 28.8 Å². The molecule has 0 bridgehead atoms. The van der Waals surface area contributed by atoms with Crippen molar-refractivity contribution < 1.29 is 13.4 Å². The molecule has 0 saturated heterocycles. The molecule has 1 aromatic heterocycles. The van der Waals surface area contributed by atoms with Gasteiger partial charge < -0.3 is 8.97 Å². The highest BCUT2D eigenvalue weighted by atomic mass is 32.2. The first-order chi connectivity index (χ1) is 10.9. The topological polar surface area (TPSA) is 48.2 Å². The molecule has 23 heavy (non-hydrogen) atoms. The summed E-state index contributed by atoms with van der Waals surface area (Å²) in [6.07, 6.45) is 0.